The molecule has 1 aromatic carbocycles. The van der Waals surface area contributed by atoms with Crippen molar-refractivity contribution in [2.24, 2.45) is 0 Å². The van der Waals surface area contributed by atoms with E-state index in [1.54, 1.807) is 11.3 Å². The van der Waals surface area contributed by atoms with Crippen LogP contribution in [0.2, 0.25) is 0 Å². The maximum atomic E-state index is 10.7. The predicted octanol–water partition coefficient (Wildman–Crippen LogP) is 4.14. The molecule has 7 nitrogen and oxygen atoms in total. The number of carbonyl (C=O) groups is 1. The van der Waals surface area contributed by atoms with Crippen molar-refractivity contribution in [2.45, 2.75) is 39.2 Å². The van der Waals surface area contributed by atoms with Gasteiger partial charge in [0.05, 0.1) is 5.39 Å². The summed E-state index contributed by atoms with van der Waals surface area (Å²) >= 11 is 1.64. The number of carboxylic acid groups (broad SMARTS) is 1. The smallest absolute Gasteiger partial charge is 0.303 e. The number of benzene rings is 1. The van der Waals surface area contributed by atoms with Gasteiger partial charge in [-0.05, 0) is 43.5 Å². The predicted molar refractivity (Wildman–Crippen MR) is 107 cm³/mol. The highest BCUT2D eigenvalue weighted by Crippen LogP contribution is 2.33. The maximum Gasteiger partial charge on any atom is 0.303 e. The van der Waals surface area contributed by atoms with Gasteiger partial charge >= 0.3 is 5.97 Å². The normalized spacial score (nSPS) is 12.5. The molecule has 28 heavy (non-hydrogen) atoms. The van der Waals surface area contributed by atoms with Crippen molar-refractivity contribution in [3.05, 3.63) is 40.5 Å². The lowest BCUT2D eigenvalue weighted by atomic mass is 10.2. The van der Waals surface area contributed by atoms with Crippen LogP contribution in [0.4, 0.5) is 5.82 Å². The van der Waals surface area contributed by atoms with Crippen molar-refractivity contribution in [1.82, 2.24) is 9.97 Å². The highest BCUT2D eigenvalue weighted by Gasteiger charge is 2.14. The zero-order valence-corrected chi connectivity index (χ0v) is 16.3. The van der Waals surface area contributed by atoms with Crippen LogP contribution in [0.1, 0.15) is 35.5 Å². The Labute approximate surface area is 166 Å². The number of unbranched alkanes of at least 4 members (excludes halogenated alkanes) is 1. The van der Waals surface area contributed by atoms with Crippen molar-refractivity contribution < 1.29 is 19.4 Å². The van der Waals surface area contributed by atoms with E-state index in [2.05, 4.69) is 23.3 Å². The molecule has 1 aliphatic rings. The standard InChI is InChI=1S/C20H21N3O4S/c1-12-8-14-19(21-10-13-6-7-15-16(9-13)27-11-26-15)22-17(23-20(14)28-12)4-2-3-5-18(24)25/h6-9H,2-5,10-11H2,1H3,(H,24,25)(H,21,22,23). The zero-order valence-electron chi connectivity index (χ0n) is 15.5. The van der Waals surface area contributed by atoms with E-state index in [9.17, 15) is 4.79 Å². The average Bonchev–Trinajstić information content (AvgIpc) is 3.28. The minimum Gasteiger partial charge on any atom is -0.481 e. The lowest BCUT2D eigenvalue weighted by molar-refractivity contribution is -0.137. The van der Waals surface area contributed by atoms with Crippen molar-refractivity contribution in [2.75, 3.05) is 12.1 Å². The molecule has 0 radical (unpaired) electrons. The number of aromatic nitrogens is 2. The first kappa shape index (κ1) is 18.5. The van der Waals surface area contributed by atoms with Gasteiger partial charge in [0, 0.05) is 24.3 Å². The van der Waals surface area contributed by atoms with E-state index in [0.717, 1.165) is 45.3 Å². The van der Waals surface area contributed by atoms with E-state index in [1.807, 2.05) is 18.2 Å². The summed E-state index contributed by atoms with van der Waals surface area (Å²) in [5.41, 5.74) is 1.07. The van der Waals surface area contributed by atoms with Crippen molar-refractivity contribution in [3.8, 4) is 11.5 Å². The van der Waals surface area contributed by atoms with Crippen LogP contribution in [-0.2, 0) is 17.8 Å². The number of nitrogens with zero attached hydrogens (tertiary/aromatic N) is 2. The molecule has 0 aliphatic carbocycles. The summed E-state index contributed by atoms with van der Waals surface area (Å²) in [7, 11) is 0. The average molecular weight is 399 g/mol. The fraction of sp³-hybridized carbons (Fsp3) is 0.350. The van der Waals surface area contributed by atoms with Crippen LogP contribution in [0.25, 0.3) is 10.2 Å². The molecular weight excluding hydrogens is 378 g/mol. The van der Waals surface area contributed by atoms with Crippen LogP contribution in [0.5, 0.6) is 11.5 Å². The maximum absolute atomic E-state index is 10.7. The van der Waals surface area contributed by atoms with Crippen molar-refractivity contribution in [1.29, 1.82) is 0 Å². The number of thiophene rings is 1. The van der Waals surface area contributed by atoms with E-state index in [4.69, 9.17) is 19.6 Å². The van der Waals surface area contributed by atoms with Gasteiger partial charge in [-0.25, -0.2) is 9.97 Å². The summed E-state index contributed by atoms with van der Waals surface area (Å²) in [6.45, 7) is 2.93. The molecule has 0 saturated heterocycles. The highest BCUT2D eigenvalue weighted by atomic mass is 32.1. The molecule has 146 valence electrons. The second-order valence-electron chi connectivity index (χ2n) is 6.71. The number of aliphatic carboxylic acids is 1. The van der Waals surface area contributed by atoms with Crippen LogP contribution in [0.15, 0.2) is 24.3 Å². The molecule has 0 amide bonds. The molecule has 0 saturated carbocycles. The molecule has 0 atom stereocenters. The third-order valence-corrected chi connectivity index (χ3v) is 5.44. The van der Waals surface area contributed by atoms with E-state index in [1.165, 1.54) is 4.88 Å². The summed E-state index contributed by atoms with van der Waals surface area (Å²) in [6.07, 6.45) is 2.22. The summed E-state index contributed by atoms with van der Waals surface area (Å²) in [6, 6.07) is 7.98. The first-order chi connectivity index (χ1) is 13.6. The minimum absolute atomic E-state index is 0.176. The van der Waals surface area contributed by atoms with Crippen LogP contribution in [0.3, 0.4) is 0 Å². The summed E-state index contributed by atoms with van der Waals surface area (Å²) in [5.74, 6) is 2.31. The zero-order chi connectivity index (χ0) is 19.5. The molecule has 2 aromatic heterocycles. The fourth-order valence-electron chi connectivity index (χ4n) is 3.13. The Bertz CT molecular complexity index is 1020. The number of nitrogens with one attached hydrogen (secondary N) is 1. The SMILES string of the molecule is Cc1cc2c(NCc3ccc4c(c3)OCO4)nc(CCCCC(=O)O)nc2s1. The first-order valence-corrected chi connectivity index (χ1v) is 10.0. The Balaban J connectivity index is 1.50. The van der Waals surface area contributed by atoms with Gasteiger partial charge in [0.25, 0.3) is 0 Å². The van der Waals surface area contributed by atoms with Crippen LogP contribution in [-0.4, -0.2) is 27.8 Å². The lowest BCUT2D eigenvalue weighted by Gasteiger charge is -2.09. The second kappa shape index (κ2) is 8.02. The molecule has 3 aromatic rings. The van der Waals surface area contributed by atoms with Gasteiger partial charge in [-0.1, -0.05) is 6.07 Å². The van der Waals surface area contributed by atoms with E-state index < -0.39 is 5.97 Å². The molecule has 0 fully saturated rings. The van der Waals surface area contributed by atoms with E-state index in [-0.39, 0.29) is 13.2 Å². The molecule has 0 bridgehead atoms. The first-order valence-electron chi connectivity index (χ1n) is 9.20. The third kappa shape index (κ3) is 4.17. The second-order valence-corrected chi connectivity index (χ2v) is 7.94. The van der Waals surface area contributed by atoms with Crippen LogP contribution >= 0.6 is 11.3 Å². The molecule has 4 rings (SSSR count). The summed E-state index contributed by atoms with van der Waals surface area (Å²) in [5, 5.41) is 13.2. The summed E-state index contributed by atoms with van der Waals surface area (Å²) < 4.78 is 10.8. The van der Waals surface area contributed by atoms with Gasteiger partial charge in [-0.2, -0.15) is 0 Å². The van der Waals surface area contributed by atoms with Gasteiger partial charge in [0.15, 0.2) is 11.5 Å². The summed E-state index contributed by atoms with van der Waals surface area (Å²) in [4.78, 5) is 22.2. The largest absolute Gasteiger partial charge is 0.481 e. The molecular formula is C20H21N3O4S. The number of ether oxygens (including phenoxy) is 2. The monoisotopic (exact) mass is 399 g/mol. The molecule has 8 heteroatoms. The van der Waals surface area contributed by atoms with Gasteiger partial charge in [-0.15, -0.1) is 11.3 Å². The number of rotatable bonds is 8. The van der Waals surface area contributed by atoms with Crippen molar-refractivity contribution >= 4 is 33.3 Å². The van der Waals surface area contributed by atoms with Gasteiger partial charge in [0.2, 0.25) is 6.79 Å². The van der Waals surface area contributed by atoms with Crippen LogP contribution < -0.4 is 14.8 Å². The lowest BCUT2D eigenvalue weighted by Crippen LogP contribution is -2.05. The highest BCUT2D eigenvalue weighted by molar-refractivity contribution is 7.18. The van der Waals surface area contributed by atoms with Gasteiger partial charge in [0.1, 0.15) is 16.5 Å². The quantitative estimate of drug-likeness (QED) is 0.550. The Kier molecular flexibility index (Phi) is 5.29. The molecule has 2 N–H and O–H groups in total. The number of carboxylic acids is 1. The third-order valence-electron chi connectivity index (χ3n) is 4.50. The van der Waals surface area contributed by atoms with Gasteiger partial charge < -0.3 is 19.9 Å². The van der Waals surface area contributed by atoms with E-state index >= 15 is 0 Å². The number of fused-ring (bicyclic) bond motifs is 2. The molecule has 3 heterocycles. The topological polar surface area (TPSA) is 93.6 Å². The number of aryl methyl sites for hydroxylation is 2. The Morgan fingerprint density at radius 1 is 1.21 bits per heavy atom. The van der Waals surface area contributed by atoms with Crippen LogP contribution in [0, 0.1) is 6.92 Å². The number of anilines is 1. The Morgan fingerprint density at radius 3 is 2.93 bits per heavy atom. The number of hydrogen-bond donors (Lipinski definition) is 2. The molecule has 0 spiro atoms. The molecule has 0 unspecified atom stereocenters. The number of hydrogen-bond acceptors (Lipinski definition) is 7. The minimum atomic E-state index is -0.767. The van der Waals surface area contributed by atoms with Gasteiger partial charge in [-0.3, -0.25) is 4.79 Å². The molecule has 1 aliphatic heterocycles. The Morgan fingerprint density at radius 2 is 2.07 bits per heavy atom. The van der Waals surface area contributed by atoms with Crippen molar-refractivity contribution in [3.63, 3.8) is 0 Å². The Hall–Kier alpha value is -2.87. The fourth-order valence-corrected chi connectivity index (χ4v) is 4.03. The van der Waals surface area contributed by atoms with E-state index in [0.29, 0.717) is 19.4 Å².